The topological polar surface area (TPSA) is 86.8 Å². The molecule has 0 fully saturated rings. The predicted molar refractivity (Wildman–Crippen MR) is 186 cm³/mol. The van der Waals surface area contributed by atoms with E-state index in [1.165, 1.54) is 35.2 Å². The average Bonchev–Trinajstić information content (AvgIpc) is 3.05. The molecule has 0 heterocycles. The quantitative estimate of drug-likeness (QED) is 0.151. The summed E-state index contributed by atoms with van der Waals surface area (Å²) in [5, 5.41) is 3.34. The lowest BCUT2D eigenvalue weighted by Gasteiger charge is -2.34. The molecule has 7 nitrogen and oxygen atoms in total. The minimum Gasteiger partial charge on any atom is -0.354 e. The van der Waals surface area contributed by atoms with Crippen molar-refractivity contribution in [1.29, 1.82) is 0 Å². The number of hydrogen-bond acceptors (Lipinski definition) is 4. The highest BCUT2D eigenvalue weighted by atomic mass is 35.5. The van der Waals surface area contributed by atoms with Crippen molar-refractivity contribution in [3.8, 4) is 0 Å². The van der Waals surface area contributed by atoms with Gasteiger partial charge >= 0.3 is 6.18 Å². The zero-order chi connectivity index (χ0) is 35.9. The van der Waals surface area contributed by atoms with Crippen molar-refractivity contribution in [3.63, 3.8) is 0 Å². The van der Waals surface area contributed by atoms with Gasteiger partial charge in [0.25, 0.3) is 10.0 Å². The van der Waals surface area contributed by atoms with E-state index in [2.05, 4.69) is 5.32 Å². The second kappa shape index (κ2) is 16.1. The van der Waals surface area contributed by atoms with Crippen molar-refractivity contribution in [1.82, 2.24) is 10.2 Å². The van der Waals surface area contributed by atoms with Crippen molar-refractivity contribution >= 4 is 50.7 Å². The molecule has 0 aliphatic carbocycles. The first-order valence-electron chi connectivity index (χ1n) is 15.4. The Bertz CT molecular complexity index is 1870. The van der Waals surface area contributed by atoms with Crippen molar-refractivity contribution in [2.75, 3.05) is 17.4 Å². The van der Waals surface area contributed by atoms with E-state index < -0.39 is 46.2 Å². The smallest absolute Gasteiger partial charge is 0.354 e. The molecule has 1 atom stereocenters. The molecule has 4 rings (SSSR count). The van der Waals surface area contributed by atoms with Crippen LogP contribution in [0.2, 0.25) is 10.0 Å². The van der Waals surface area contributed by atoms with Gasteiger partial charge in [0.1, 0.15) is 12.6 Å². The predicted octanol–water partition coefficient (Wildman–Crippen LogP) is 7.93. The van der Waals surface area contributed by atoms with E-state index in [0.717, 1.165) is 23.3 Å². The third-order valence-corrected chi connectivity index (χ3v) is 10.2. The number of benzene rings is 4. The lowest BCUT2D eigenvalue weighted by molar-refractivity contribution is -0.140. The van der Waals surface area contributed by atoms with E-state index in [0.29, 0.717) is 22.5 Å². The molecule has 4 aromatic carbocycles. The van der Waals surface area contributed by atoms with Crippen LogP contribution in [0.1, 0.15) is 36.1 Å². The SMILES string of the molecule is Cc1ccc(S(=O)(=O)N(CC(=O)N(Cc2ccc(Cl)c(Cl)c2)[C@H](Cc2ccccc2)C(=O)NCC(C)C)c2cccc(C(F)(F)F)c2)cc1. The van der Waals surface area contributed by atoms with Gasteiger partial charge in [-0.15, -0.1) is 0 Å². The van der Waals surface area contributed by atoms with Crippen LogP contribution in [0.25, 0.3) is 0 Å². The van der Waals surface area contributed by atoms with E-state index in [9.17, 15) is 31.2 Å². The van der Waals surface area contributed by atoms with E-state index >= 15 is 0 Å². The molecule has 49 heavy (non-hydrogen) atoms. The molecule has 0 radical (unpaired) electrons. The summed E-state index contributed by atoms with van der Waals surface area (Å²) in [4.78, 5) is 29.4. The third-order valence-electron chi connectivity index (χ3n) is 7.64. The molecule has 0 saturated carbocycles. The molecule has 0 bridgehead atoms. The fourth-order valence-electron chi connectivity index (χ4n) is 5.01. The molecule has 260 valence electrons. The summed E-state index contributed by atoms with van der Waals surface area (Å²) in [6, 6.07) is 22.0. The molecule has 0 aliphatic rings. The van der Waals surface area contributed by atoms with Crippen molar-refractivity contribution in [2.45, 2.75) is 50.9 Å². The zero-order valence-corrected chi connectivity index (χ0v) is 29.4. The van der Waals surface area contributed by atoms with Crippen LogP contribution in [0.5, 0.6) is 0 Å². The van der Waals surface area contributed by atoms with Gasteiger partial charge < -0.3 is 10.2 Å². The van der Waals surface area contributed by atoms with Crippen molar-refractivity contribution in [2.24, 2.45) is 5.92 Å². The highest BCUT2D eigenvalue weighted by Crippen LogP contribution is 2.34. The van der Waals surface area contributed by atoms with Crippen molar-refractivity contribution < 1.29 is 31.2 Å². The van der Waals surface area contributed by atoms with Crippen LogP contribution in [0.15, 0.2) is 102 Å². The molecule has 0 aromatic heterocycles. The summed E-state index contributed by atoms with van der Waals surface area (Å²) in [5.41, 5.74) is 0.501. The lowest BCUT2D eigenvalue weighted by Crippen LogP contribution is -2.53. The van der Waals surface area contributed by atoms with Crippen LogP contribution >= 0.6 is 23.2 Å². The number of sulfonamides is 1. The number of carbonyl (C=O) groups is 2. The maximum atomic E-state index is 14.5. The fourth-order valence-corrected chi connectivity index (χ4v) is 6.74. The maximum absolute atomic E-state index is 14.5. The monoisotopic (exact) mass is 733 g/mol. The van der Waals surface area contributed by atoms with Crippen LogP contribution in [0, 0.1) is 12.8 Å². The van der Waals surface area contributed by atoms with Crippen LogP contribution < -0.4 is 9.62 Å². The Kier molecular flexibility index (Phi) is 12.4. The minimum atomic E-state index is -4.78. The summed E-state index contributed by atoms with van der Waals surface area (Å²) in [7, 11) is -4.59. The minimum absolute atomic E-state index is 0.0616. The first-order chi connectivity index (χ1) is 23.1. The zero-order valence-electron chi connectivity index (χ0n) is 27.0. The van der Waals surface area contributed by atoms with Gasteiger partial charge in [-0.05, 0) is 66.4 Å². The Labute approximate surface area is 294 Å². The van der Waals surface area contributed by atoms with Crippen molar-refractivity contribution in [3.05, 3.63) is 129 Å². The number of nitrogens with one attached hydrogen (secondary N) is 1. The molecule has 4 aromatic rings. The number of alkyl halides is 3. The molecule has 0 spiro atoms. The molecule has 2 amide bonds. The number of hydrogen-bond donors (Lipinski definition) is 1. The first-order valence-corrected chi connectivity index (χ1v) is 17.6. The summed E-state index contributed by atoms with van der Waals surface area (Å²) < 4.78 is 70.4. The average molecular weight is 735 g/mol. The largest absolute Gasteiger partial charge is 0.416 e. The Balaban J connectivity index is 1.85. The van der Waals surface area contributed by atoms with Crippen LogP contribution in [-0.2, 0) is 38.8 Å². The molecule has 1 N–H and O–H groups in total. The lowest BCUT2D eigenvalue weighted by atomic mass is 10.0. The second-order valence-corrected chi connectivity index (χ2v) is 14.7. The number of carbonyl (C=O) groups excluding carboxylic acids is 2. The van der Waals surface area contributed by atoms with Gasteiger partial charge in [0, 0.05) is 19.5 Å². The van der Waals surface area contributed by atoms with Gasteiger partial charge in [0.2, 0.25) is 11.8 Å². The highest BCUT2D eigenvalue weighted by molar-refractivity contribution is 7.92. The normalized spacial score (nSPS) is 12.4. The van der Waals surface area contributed by atoms with E-state index in [4.69, 9.17) is 23.2 Å². The van der Waals surface area contributed by atoms with Gasteiger partial charge in [0.05, 0.1) is 26.2 Å². The Morgan fingerprint density at radius 3 is 2.12 bits per heavy atom. The molecular formula is C36H36Cl2F3N3O4S. The Morgan fingerprint density at radius 1 is 0.837 bits per heavy atom. The van der Waals surface area contributed by atoms with Crippen LogP contribution in [0.3, 0.4) is 0 Å². The molecule has 13 heteroatoms. The summed E-state index contributed by atoms with van der Waals surface area (Å²) in [6.45, 7) is 4.77. The summed E-state index contributed by atoms with van der Waals surface area (Å²) in [5.74, 6) is -1.24. The Hall–Kier alpha value is -4.06. The van der Waals surface area contributed by atoms with E-state index in [1.54, 1.807) is 55.5 Å². The Morgan fingerprint density at radius 2 is 1.51 bits per heavy atom. The van der Waals surface area contributed by atoms with E-state index in [1.807, 2.05) is 13.8 Å². The van der Waals surface area contributed by atoms with Crippen LogP contribution in [0.4, 0.5) is 18.9 Å². The van der Waals surface area contributed by atoms with Gasteiger partial charge in [-0.3, -0.25) is 13.9 Å². The summed E-state index contributed by atoms with van der Waals surface area (Å²) >= 11 is 12.4. The fraction of sp³-hybridized carbons (Fsp3) is 0.278. The van der Waals surface area contributed by atoms with Crippen LogP contribution in [-0.4, -0.2) is 44.3 Å². The first kappa shape index (κ1) is 37.8. The van der Waals surface area contributed by atoms with E-state index in [-0.39, 0.29) is 39.5 Å². The second-order valence-electron chi connectivity index (χ2n) is 12.0. The van der Waals surface area contributed by atoms with Gasteiger partial charge in [0.15, 0.2) is 0 Å². The molecular weight excluding hydrogens is 698 g/mol. The van der Waals surface area contributed by atoms with Gasteiger partial charge in [-0.25, -0.2) is 8.42 Å². The number of rotatable bonds is 13. The highest BCUT2D eigenvalue weighted by Gasteiger charge is 2.36. The molecule has 0 unspecified atom stereocenters. The van der Waals surface area contributed by atoms with Gasteiger partial charge in [-0.2, -0.15) is 13.2 Å². The number of anilines is 1. The molecule has 0 aliphatic heterocycles. The number of amides is 2. The van der Waals surface area contributed by atoms with Gasteiger partial charge in [-0.1, -0.05) is 97.2 Å². The third kappa shape index (κ3) is 9.99. The molecule has 0 saturated heterocycles. The number of aryl methyl sites for hydroxylation is 1. The number of nitrogens with zero attached hydrogens (tertiary/aromatic N) is 2. The number of halogens is 5. The maximum Gasteiger partial charge on any atom is 0.416 e. The summed E-state index contributed by atoms with van der Waals surface area (Å²) in [6.07, 6.45) is -4.72. The standard InChI is InChI=1S/C36H36Cl2F3N3O4S/c1-24(2)21-42-35(46)33(19-26-8-5-4-6-9-26)43(22-27-14-17-31(37)32(38)18-27)34(45)23-44(29-11-7-10-28(20-29)36(39,40)41)49(47,48)30-15-12-25(3)13-16-30/h4-18,20,24,33H,19,21-23H2,1-3H3,(H,42,46)/t33-/m1/s1.